The Morgan fingerprint density at radius 2 is 2.00 bits per heavy atom. The molecule has 20 heavy (non-hydrogen) atoms. The van der Waals surface area contributed by atoms with Crippen LogP contribution in [0.3, 0.4) is 0 Å². The summed E-state index contributed by atoms with van der Waals surface area (Å²) in [6.07, 6.45) is 1.91. The number of carbonyl (C=O) groups is 1. The number of aromatic nitrogens is 1. The summed E-state index contributed by atoms with van der Waals surface area (Å²) < 4.78 is 0. The van der Waals surface area contributed by atoms with E-state index in [9.17, 15) is 4.79 Å². The van der Waals surface area contributed by atoms with Crippen LogP contribution in [-0.2, 0) is 0 Å². The number of hydrogen-bond acceptors (Lipinski definition) is 3. The van der Waals surface area contributed by atoms with Gasteiger partial charge in [0.15, 0.2) is 0 Å². The van der Waals surface area contributed by atoms with Crippen LogP contribution >= 0.6 is 11.3 Å². The maximum atomic E-state index is 12.0. The molecule has 1 aromatic heterocycles. The number of carbonyl (C=O) groups excluding carboxylic acids is 1. The van der Waals surface area contributed by atoms with Crippen molar-refractivity contribution in [2.24, 2.45) is 11.8 Å². The zero-order valence-corrected chi connectivity index (χ0v) is 14.0. The van der Waals surface area contributed by atoms with Gasteiger partial charge in [-0.25, -0.2) is 9.78 Å². The molecular weight excluding hydrogens is 270 g/mol. The summed E-state index contributed by atoms with van der Waals surface area (Å²) in [5.74, 6) is 1.11. The molecule has 1 heterocycles. The fraction of sp³-hybridized carbons (Fsp3) is 0.733. The maximum Gasteiger partial charge on any atom is 0.315 e. The second kappa shape index (κ2) is 8.25. The number of amides is 2. The van der Waals surface area contributed by atoms with E-state index < -0.39 is 0 Å². The third-order valence-electron chi connectivity index (χ3n) is 2.95. The summed E-state index contributed by atoms with van der Waals surface area (Å²) >= 11 is 1.62. The standard InChI is InChI=1S/C15H27N3OS/c1-10(2)6-7-16-15(19)18-13(8-11(3)4)14-17-12(5)9-20-14/h9-11,13H,6-8H2,1-5H3,(H2,16,18,19). The van der Waals surface area contributed by atoms with E-state index in [4.69, 9.17) is 0 Å². The fourth-order valence-corrected chi connectivity index (χ4v) is 2.77. The van der Waals surface area contributed by atoms with Crippen molar-refractivity contribution in [3.8, 4) is 0 Å². The third-order valence-corrected chi connectivity index (χ3v) is 4.03. The first-order valence-corrected chi connectivity index (χ1v) is 8.22. The van der Waals surface area contributed by atoms with E-state index in [0.717, 1.165) is 30.1 Å². The first-order valence-electron chi connectivity index (χ1n) is 7.34. The highest BCUT2D eigenvalue weighted by molar-refractivity contribution is 7.09. The fourth-order valence-electron chi connectivity index (χ4n) is 1.91. The molecule has 0 fully saturated rings. The summed E-state index contributed by atoms with van der Waals surface area (Å²) in [5, 5.41) is 8.99. The zero-order valence-electron chi connectivity index (χ0n) is 13.2. The molecule has 0 spiro atoms. The summed E-state index contributed by atoms with van der Waals surface area (Å²) in [7, 11) is 0. The van der Waals surface area contributed by atoms with Gasteiger partial charge < -0.3 is 10.6 Å². The van der Waals surface area contributed by atoms with Crippen LogP contribution in [0.15, 0.2) is 5.38 Å². The molecule has 0 radical (unpaired) electrons. The van der Waals surface area contributed by atoms with Crippen molar-refractivity contribution in [1.82, 2.24) is 15.6 Å². The van der Waals surface area contributed by atoms with Crippen LogP contribution < -0.4 is 10.6 Å². The maximum absolute atomic E-state index is 12.0. The van der Waals surface area contributed by atoms with Gasteiger partial charge in [0, 0.05) is 17.6 Å². The SMILES string of the molecule is Cc1csc(C(CC(C)C)NC(=O)NCCC(C)C)n1. The topological polar surface area (TPSA) is 54.0 Å². The van der Waals surface area contributed by atoms with Gasteiger partial charge in [-0.05, 0) is 31.6 Å². The number of hydrogen-bond donors (Lipinski definition) is 2. The monoisotopic (exact) mass is 297 g/mol. The molecule has 0 aliphatic heterocycles. The van der Waals surface area contributed by atoms with E-state index in [-0.39, 0.29) is 12.1 Å². The Bertz CT molecular complexity index is 415. The number of urea groups is 1. The van der Waals surface area contributed by atoms with E-state index in [1.165, 1.54) is 0 Å². The Morgan fingerprint density at radius 1 is 1.30 bits per heavy atom. The van der Waals surface area contributed by atoms with Crippen molar-refractivity contribution in [2.75, 3.05) is 6.54 Å². The average Bonchev–Trinajstić information content (AvgIpc) is 2.74. The molecule has 0 saturated carbocycles. The lowest BCUT2D eigenvalue weighted by atomic mass is 10.0. The van der Waals surface area contributed by atoms with Gasteiger partial charge in [-0.2, -0.15) is 0 Å². The van der Waals surface area contributed by atoms with E-state index >= 15 is 0 Å². The highest BCUT2D eigenvalue weighted by Crippen LogP contribution is 2.24. The van der Waals surface area contributed by atoms with Gasteiger partial charge in [0.25, 0.3) is 0 Å². The molecule has 4 nitrogen and oxygen atoms in total. The lowest BCUT2D eigenvalue weighted by Crippen LogP contribution is -2.39. The van der Waals surface area contributed by atoms with Crippen molar-refractivity contribution in [1.29, 1.82) is 0 Å². The van der Waals surface area contributed by atoms with Gasteiger partial charge in [0.05, 0.1) is 6.04 Å². The normalized spacial score (nSPS) is 12.8. The Labute approximate surface area is 126 Å². The van der Waals surface area contributed by atoms with Crippen molar-refractivity contribution in [2.45, 2.75) is 53.5 Å². The van der Waals surface area contributed by atoms with Crippen molar-refractivity contribution >= 4 is 17.4 Å². The molecule has 0 aromatic carbocycles. The third kappa shape index (κ3) is 6.37. The molecule has 1 atom stereocenters. The molecule has 1 aromatic rings. The molecule has 2 amide bonds. The molecule has 5 heteroatoms. The van der Waals surface area contributed by atoms with Crippen LogP contribution in [0.5, 0.6) is 0 Å². The smallest absolute Gasteiger partial charge is 0.315 e. The minimum atomic E-state index is -0.0934. The Morgan fingerprint density at radius 3 is 2.50 bits per heavy atom. The lowest BCUT2D eigenvalue weighted by molar-refractivity contribution is 0.234. The molecule has 0 aliphatic carbocycles. The van der Waals surface area contributed by atoms with Crippen molar-refractivity contribution in [3.63, 3.8) is 0 Å². The minimum Gasteiger partial charge on any atom is -0.338 e. The lowest BCUT2D eigenvalue weighted by Gasteiger charge is -2.19. The largest absolute Gasteiger partial charge is 0.338 e. The minimum absolute atomic E-state index is 0.00718. The van der Waals surface area contributed by atoms with Gasteiger partial charge in [0.1, 0.15) is 5.01 Å². The van der Waals surface area contributed by atoms with Crippen LogP contribution in [0.2, 0.25) is 0 Å². The van der Waals surface area contributed by atoms with Crippen molar-refractivity contribution < 1.29 is 4.79 Å². The predicted octanol–water partition coefficient (Wildman–Crippen LogP) is 3.88. The van der Waals surface area contributed by atoms with Crippen LogP contribution in [0.4, 0.5) is 4.79 Å². The molecule has 1 unspecified atom stereocenters. The molecule has 0 saturated heterocycles. The number of rotatable bonds is 7. The first kappa shape index (κ1) is 17.0. The first-order chi connectivity index (χ1) is 9.38. The van der Waals surface area contributed by atoms with Crippen LogP contribution in [0.1, 0.15) is 57.3 Å². The number of aryl methyl sites for hydroxylation is 1. The Balaban J connectivity index is 2.54. The van der Waals surface area contributed by atoms with Gasteiger partial charge >= 0.3 is 6.03 Å². The Kier molecular flexibility index (Phi) is 6.99. The number of nitrogens with one attached hydrogen (secondary N) is 2. The molecule has 2 N–H and O–H groups in total. The summed E-state index contributed by atoms with van der Waals surface area (Å²) in [4.78, 5) is 16.5. The number of thiazole rings is 1. The highest BCUT2D eigenvalue weighted by Gasteiger charge is 2.18. The van der Waals surface area contributed by atoms with E-state index in [2.05, 4.69) is 43.3 Å². The van der Waals surface area contributed by atoms with Crippen molar-refractivity contribution in [3.05, 3.63) is 16.1 Å². The molecule has 0 bridgehead atoms. The van der Waals surface area contributed by atoms with Gasteiger partial charge in [0.2, 0.25) is 0 Å². The summed E-state index contributed by atoms with van der Waals surface area (Å²) in [6, 6.07) is -0.0862. The molecular formula is C15H27N3OS. The molecule has 1 rings (SSSR count). The average molecular weight is 297 g/mol. The summed E-state index contributed by atoms with van der Waals surface area (Å²) in [5.41, 5.74) is 1.01. The van der Waals surface area contributed by atoms with Crippen LogP contribution in [-0.4, -0.2) is 17.6 Å². The Hall–Kier alpha value is -1.10. The van der Waals surface area contributed by atoms with Crippen LogP contribution in [0.25, 0.3) is 0 Å². The second-order valence-corrected chi connectivity index (χ2v) is 6.98. The van der Waals surface area contributed by atoms with Gasteiger partial charge in [-0.1, -0.05) is 27.7 Å². The molecule has 114 valence electrons. The summed E-state index contributed by atoms with van der Waals surface area (Å²) in [6.45, 7) is 11.3. The quantitative estimate of drug-likeness (QED) is 0.802. The zero-order chi connectivity index (χ0) is 15.1. The van der Waals surface area contributed by atoms with E-state index in [0.29, 0.717) is 11.8 Å². The van der Waals surface area contributed by atoms with Gasteiger partial charge in [-0.15, -0.1) is 11.3 Å². The van der Waals surface area contributed by atoms with E-state index in [1.54, 1.807) is 11.3 Å². The second-order valence-electron chi connectivity index (χ2n) is 6.09. The number of nitrogens with zero attached hydrogens (tertiary/aromatic N) is 1. The van der Waals surface area contributed by atoms with Gasteiger partial charge in [-0.3, -0.25) is 0 Å². The predicted molar refractivity (Wildman–Crippen MR) is 85.0 cm³/mol. The molecule has 0 aliphatic rings. The highest BCUT2D eigenvalue weighted by atomic mass is 32.1. The van der Waals surface area contributed by atoms with Crippen LogP contribution in [0, 0.1) is 18.8 Å². The van der Waals surface area contributed by atoms with E-state index in [1.807, 2.05) is 12.3 Å².